The van der Waals surface area contributed by atoms with Crippen LogP contribution in [-0.2, 0) is 23.9 Å². The molecule has 0 heterocycles. The van der Waals surface area contributed by atoms with Crippen LogP contribution in [0.5, 0.6) is 0 Å². The maximum Gasteiger partial charge on any atom is 0.323 e. The van der Waals surface area contributed by atoms with Crippen molar-refractivity contribution < 1.29 is 23.9 Å². The zero-order valence-electron chi connectivity index (χ0n) is 19.3. The number of hydrogen-bond acceptors (Lipinski definition) is 6. The van der Waals surface area contributed by atoms with Crippen LogP contribution in [0.3, 0.4) is 0 Å². The third kappa shape index (κ3) is 7.40. The molecule has 0 aromatic heterocycles. The first-order valence-corrected chi connectivity index (χ1v) is 11.2. The summed E-state index contributed by atoms with van der Waals surface area (Å²) in [6.45, 7) is 13.4. The quantitative estimate of drug-likeness (QED) is 0.323. The number of ketones is 1. The van der Waals surface area contributed by atoms with Crippen molar-refractivity contribution in [1.29, 1.82) is 0 Å². The fourth-order valence-corrected chi connectivity index (χ4v) is 4.27. The van der Waals surface area contributed by atoms with Gasteiger partial charge in [-0.2, -0.15) is 0 Å². The predicted molar refractivity (Wildman–Crippen MR) is 113 cm³/mol. The molecule has 0 aromatic rings. The number of ether oxygens (including phenoxy) is 2. The van der Waals surface area contributed by atoms with Crippen LogP contribution in [0.25, 0.3) is 0 Å². The highest BCUT2D eigenvalue weighted by Crippen LogP contribution is 2.68. The van der Waals surface area contributed by atoms with Crippen LogP contribution in [0.1, 0.15) is 86.5 Å². The Balaban J connectivity index is 2.33. The third-order valence-electron chi connectivity index (χ3n) is 6.60. The molecule has 1 fully saturated rings. The second-order valence-corrected chi connectivity index (χ2v) is 9.11. The minimum absolute atomic E-state index is 0.0498. The summed E-state index contributed by atoms with van der Waals surface area (Å²) in [6, 6.07) is -0.381. The van der Waals surface area contributed by atoms with Crippen LogP contribution in [0.4, 0.5) is 0 Å². The molecule has 1 aliphatic rings. The van der Waals surface area contributed by atoms with E-state index in [1.54, 1.807) is 13.8 Å². The summed E-state index contributed by atoms with van der Waals surface area (Å²) in [5.74, 6) is -0.0323. The summed E-state index contributed by atoms with van der Waals surface area (Å²) in [5, 5.41) is 3.23. The summed E-state index contributed by atoms with van der Waals surface area (Å²) < 4.78 is 10.1. The molecule has 0 aromatic carbocycles. The van der Waals surface area contributed by atoms with E-state index in [0.717, 1.165) is 25.7 Å². The molecular formula is C23H41NO5. The van der Waals surface area contributed by atoms with Crippen LogP contribution in [0.15, 0.2) is 0 Å². The van der Waals surface area contributed by atoms with E-state index in [-0.39, 0.29) is 40.5 Å². The lowest BCUT2D eigenvalue weighted by atomic mass is 10.0. The van der Waals surface area contributed by atoms with Crippen molar-refractivity contribution in [2.24, 2.45) is 16.7 Å². The van der Waals surface area contributed by atoms with Crippen molar-refractivity contribution in [3.05, 3.63) is 0 Å². The molecule has 29 heavy (non-hydrogen) atoms. The smallest absolute Gasteiger partial charge is 0.323 e. The van der Waals surface area contributed by atoms with Gasteiger partial charge in [0.05, 0.1) is 13.2 Å². The van der Waals surface area contributed by atoms with Crippen LogP contribution in [0.2, 0.25) is 0 Å². The van der Waals surface area contributed by atoms with Gasteiger partial charge >= 0.3 is 11.9 Å². The van der Waals surface area contributed by atoms with Gasteiger partial charge in [0.1, 0.15) is 11.8 Å². The van der Waals surface area contributed by atoms with Crippen LogP contribution in [-0.4, -0.2) is 43.5 Å². The van der Waals surface area contributed by atoms with Gasteiger partial charge in [-0.3, -0.25) is 14.4 Å². The van der Waals surface area contributed by atoms with Crippen LogP contribution >= 0.6 is 0 Å². The Kier molecular flexibility index (Phi) is 10.3. The van der Waals surface area contributed by atoms with E-state index >= 15 is 0 Å². The Bertz CT molecular complexity index is 541. The lowest BCUT2D eigenvalue weighted by molar-refractivity contribution is -0.146. The highest BCUT2D eigenvalue weighted by molar-refractivity contribution is 5.86. The van der Waals surface area contributed by atoms with Crippen molar-refractivity contribution in [2.45, 2.75) is 92.5 Å². The minimum Gasteiger partial charge on any atom is -0.466 e. The van der Waals surface area contributed by atoms with Crippen molar-refractivity contribution in [1.82, 2.24) is 5.32 Å². The van der Waals surface area contributed by atoms with E-state index in [4.69, 9.17) is 9.47 Å². The molecule has 6 heteroatoms. The average molecular weight is 412 g/mol. The summed E-state index contributed by atoms with van der Waals surface area (Å²) in [7, 11) is 0. The standard InChI is InChI=1S/C23H41NO5/c1-7-28-19(26)14-12-10-9-11-13-17(21(27)29-8-2)24-16-15-18(25)20-22(3,4)23(20,5)6/h17,20,24H,7-16H2,1-6H3. The summed E-state index contributed by atoms with van der Waals surface area (Å²) in [4.78, 5) is 36.1. The molecule has 1 unspecified atom stereocenters. The number of hydrogen-bond donors (Lipinski definition) is 1. The number of unbranched alkanes of at least 4 members (excludes halogenated alkanes) is 3. The van der Waals surface area contributed by atoms with Gasteiger partial charge in [-0.05, 0) is 37.5 Å². The third-order valence-corrected chi connectivity index (χ3v) is 6.60. The Hall–Kier alpha value is -1.43. The van der Waals surface area contributed by atoms with Gasteiger partial charge in [-0.15, -0.1) is 0 Å². The molecule has 0 radical (unpaired) electrons. The molecule has 1 aliphatic carbocycles. The zero-order chi connectivity index (χ0) is 22.1. The van der Waals surface area contributed by atoms with E-state index in [1.165, 1.54) is 0 Å². The highest BCUT2D eigenvalue weighted by atomic mass is 16.5. The van der Waals surface area contributed by atoms with Crippen molar-refractivity contribution in [3.8, 4) is 0 Å². The SMILES string of the molecule is CCOC(=O)CCCCCCC(NCCC(=O)C1C(C)(C)C1(C)C)C(=O)OCC. The number of nitrogens with one attached hydrogen (secondary N) is 1. The van der Waals surface area contributed by atoms with Gasteiger partial charge < -0.3 is 14.8 Å². The largest absolute Gasteiger partial charge is 0.466 e. The van der Waals surface area contributed by atoms with E-state index < -0.39 is 0 Å². The summed E-state index contributed by atoms with van der Waals surface area (Å²) in [6.07, 6.45) is 5.11. The molecule has 0 aliphatic heterocycles. The number of carbonyl (C=O) groups is 3. The minimum atomic E-state index is -0.381. The highest BCUT2D eigenvalue weighted by Gasteiger charge is 2.67. The van der Waals surface area contributed by atoms with Gasteiger partial charge in [0.2, 0.25) is 0 Å². The number of carbonyl (C=O) groups excluding carboxylic acids is 3. The molecule has 168 valence electrons. The molecule has 1 N–H and O–H groups in total. The average Bonchev–Trinajstić information content (AvgIpc) is 3.05. The molecule has 0 amide bonds. The first-order valence-electron chi connectivity index (χ1n) is 11.2. The van der Waals surface area contributed by atoms with Gasteiger partial charge in [-0.25, -0.2) is 0 Å². The van der Waals surface area contributed by atoms with Crippen molar-refractivity contribution >= 4 is 17.7 Å². The van der Waals surface area contributed by atoms with Gasteiger partial charge in [0.15, 0.2) is 0 Å². The molecular weight excluding hydrogens is 370 g/mol. The summed E-state index contributed by atoms with van der Waals surface area (Å²) >= 11 is 0. The Labute approximate surface area is 176 Å². The van der Waals surface area contributed by atoms with E-state index in [0.29, 0.717) is 39.0 Å². The first kappa shape index (κ1) is 25.6. The molecule has 0 bridgehead atoms. The number of rotatable bonds is 15. The normalized spacial score (nSPS) is 18.1. The first-order chi connectivity index (χ1) is 13.6. The molecule has 1 atom stereocenters. The van der Waals surface area contributed by atoms with Gasteiger partial charge in [0.25, 0.3) is 0 Å². The van der Waals surface area contributed by atoms with E-state index in [2.05, 4.69) is 33.0 Å². The lowest BCUT2D eigenvalue weighted by Gasteiger charge is -2.17. The van der Waals surface area contributed by atoms with Crippen molar-refractivity contribution in [2.75, 3.05) is 19.8 Å². The molecule has 1 rings (SSSR count). The number of esters is 2. The fourth-order valence-electron chi connectivity index (χ4n) is 4.27. The Morgan fingerprint density at radius 1 is 0.862 bits per heavy atom. The molecule has 1 saturated carbocycles. The molecule has 6 nitrogen and oxygen atoms in total. The predicted octanol–water partition coefficient (Wildman–Crippen LogP) is 4.05. The Morgan fingerprint density at radius 2 is 1.45 bits per heavy atom. The maximum atomic E-state index is 12.6. The van der Waals surface area contributed by atoms with Crippen molar-refractivity contribution in [3.63, 3.8) is 0 Å². The van der Waals surface area contributed by atoms with Crippen LogP contribution in [0, 0.1) is 16.7 Å². The zero-order valence-corrected chi connectivity index (χ0v) is 19.3. The summed E-state index contributed by atoms with van der Waals surface area (Å²) in [5.41, 5.74) is 0.0996. The van der Waals surface area contributed by atoms with Gasteiger partial charge in [-0.1, -0.05) is 47.0 Å². The fraction of sp³-hybridized carbons (Fsp3) is 0.870. The number of Topliss-reactive ketones (excluding diaryl/α,β-unsaturated/α-hetero) is 1. The Morgan fingerprint density at radius 3 is 2.00 bits per heavy atom. The topological polar surface area (TPSA) is 81.7 Å². The maximum absolute atomic E-state index is 12.6. The monoisotopic (exact) mass is 411 g/mol. The van der Waals surface area contributed by atoms with E-state index in [9.17, 15) is 14.4 Å². The molecule has 0 spiro atoms. The van der Waals surface area contributed by atoms with E-state index in [1.807, 2.05) is 0 Å². The molecule has 0 saturated heterocycles. The second-order valence-electron chi connectivity index (χ2n) is 9.11. The lowest BCUT2D eigenvalue weighted by Crippen LogP contribution is -2.39. The van der Waals surface area contributed by atoms with Crippen LogP contribution < -0.4 is 5.32 Å². The van der Waals surface area contributed by atoms with Gasteiger partial charge in [0, 0.05) is 25.3 Å². The second kappa shape index (κ2) is 11.7.